The van der Waals surface area contributed by atoms with Crippen molar-refractivity contribution in [3.63, 3.8) is 0 Å². The van der Waals surface area contributed by atoms with Gasteiger partial charge in [0.15, 0.2) is 0 Å². The van der Waals surface area contributed by atoms with Crippen LogP contribution in [0.15, 0.2) is 47.4 Å². The number of thioether (sulfide) groups is 1. The second kappa shape index (κ2) is 7.85. The Hall–Kier alpha value is -1.00. The third kappa shape index (κ3) is 5.04. The number of rotatable bonds is 6. The van der Waals surface area contributed by atoms with E-state index in [9.17, 15) is 0 Å². The molecule has 0 fully saturated rings. The molecule has 0 saturated carbocycles. The average molecular weight is 321 g/mol. The molecular formula is C17H21ClN2S. The lowest BCUT2D eigenvalue weighted by Gasteiger charge is -2.16. The zero-order valence-corrected chi connectivity index (χ0v) is 14.0. The quantitative estimate of drug-likeness (QED) is 0.477. The maximum atomic E-state index is 6.18. The van der Waals surface area contributed by atoms with Gasteiger partial charge in [0.2, 0.25) is 0 Å². The minimum atomic E-state index is 0.215. The summed E-state index contributed by atoms with van der Waals surface area (Å²) in [6.45, 7) is 4.25. The third-order valence-electron chi connectivity index (χ3n) is 3.28. The van der Waals surface area contributed by atoms with Crippen LogP contribution in [0, 0.1) is 13.8 Å². The predicted octanol–water partition coefficient (Wildman–Crippen LogP) is 4.12. The number of nitrogens with one attached hydrogen (secondary N) is 1. The molecule has 1 atom stereocenters. The molecule has 4 heteroatoms. The molecule has 0 aliphatic carbocycles. The standard InChI is InChI=1S/C17H21ClN2S/c1-12-7-13(2)9-14(8-12)10-15(20-19)11-21-17-6-4-3-5-16(17)18/h3-9,15,20H,10-11,19H2,1-2H3. The van der Waals surface area contributed by atoms with Crippen LogP contribution in [-0.2, 0) is 6.42 Å². The molecule has 2 aromatic carbocycles. The van der Waals surface area contributed by atoms with Gasteiger partial charge >= 0.3 is 0 Å². The van der Waals surface area contributed by atoms with Crippen molar-refractivity contribution >= 4 is 23.4 Å². The fourth-order valence-electron chi connectivity index (χ4n) is 2.39. The number of hydrogen-bond acceptors (Lipinski definition) is 3. The molecule has 0 saturated heterocycles. The molecule has 112 valence electrons. The van der Waals surface area contributed by atoms with Crippen molar-refractivity contribution in [1.29, 1.82) is 0 Å². The zero-order valence-electron chi connectivity index (χ0n) is 12.4. The number of hydrazine groups is 1. The molecule has 21 heavy (non-hydrogen) atoms. The van der Waals surface area contributed by atoms with Gasteiger partial charge in [-0.25, -0.2) is 0 Å². The maximum Gasteiger partial charge on any atom is 0.0541 e. The summed E-state index contributed by atoms with van der Waals surface area (Å²) < 4.78 is 0. The number of halogens is 1. The van der Waals surface area contributed by atoms with Crippen LogP contribution in [-0.4, -0.2) is 11.8 Å². The van der Waals surface area contributed by atoms with Gasteiger partial charge in [-0.3, -0.25) is 11.3 Å². The van der Waals surface area contributed by atoms with Gasteiger partial charge in [-0.15, -0.1) is 11.8 Å². The number of benzene rings is 2. The lowest BCUT2D eigenvalue weighted by molar-refractivity contribution is 0.575. The van der Waals surface area contributed by atoms with Gasteiger partial charge < -0.3 is 0 Å². The number of hydrogen-bond donors (Lipinski definition) is 2. The summed E-state index contributed by atoms with van der Waals surface area (Å²) in [4.78, 5) is 1.10. The normalized spacial score (nSPS) is 12.4. The second-order valence-electron chi connectivity index (χ2n) is 5.31. The Labute approximate surface area is 136 Å². The van der Waals surface area contributed by atoms with Gasteiger partial charge in [-0.2, -0.15) is 0 Å². The monoisotopic (exact) mass is 320 g/mol. The fourth-order valence-corrected chi connectivity index (χ4v) is 3.66. The van der Waals surface area contributed by atoms with E-state index in [0.29, 0.717) is 0 Å². The van der Waals surface area contributed by atoms with Gasteiger partial charge in [0.25, 0.3) is 0 Å². The van der Waals surface area contributed by atoms with Crippen LogP contribution in [0.25, 0.3) is 0 Å². The molecule has 0 aromatic heterocycles. The summed E-state index contributed by atoms with van der Waals surface area (Å²) in [5.41, 5.74) is 6.81. The molecule has 2 nitrogen and oxygen atoms in total. The Morgan fingerprint density at radius 3 is 2.43 bits per heavy atom. The zero-order chi connectivity index (χ0) is 15.2. The molecule has 0 heterocycles. The van der Waals surface area contributed by atoms with Crippen LogP contribution in [0.1, 0.15) is 16.7 Å². The van der Waals surface area contributed by atoms with Crippen LogP contribution in [0.2, 0.25) is 5.02 Å². The summed E-state index contributed by atoms with van der Waals surface area (Å²) >= 11 is 7.91. The SMILES string of the molecule is Cc1cc(C)cc(CC(CSc2ccccc2Cl)NN)c1. The minimum absolute atomic E-state index is 0.215. The topological polar surface area (TPSA) is 38.0 Å². The summed E-state index contributed by atoms with van der Waals surface area (Å²) in [7, 11) is 0. The number of aryl methyl sites for hydroxylation is 2. The highest BCUT2D eigenvalue weighted by molar-refractivity contribution is 7.99. The molecule has 0 aliphatic rings. The van der Waals surface area contributed by atoms with Crippen molar-refractivity contribution in [3.8, 4) is 0 Å². The first kappa shape index (κ1) is 16.4. The lowest BCUT2D eigenvalue weighted by atomic mass is 10.0. The van der Waals surface area contributed by atoms with Crippen molar-refractivity contribution in [2.75, 3.05) is 5.75 Å². The Morgan fingerprint density at radius 2 is 1.81 bits per heavy atom. The highest BCUT2D eigenvalue weighted by atomic mass is 35.5. The lowest BCUT2D eigenvalue weighted by Crippen LogP contribution is -2.38. The van der Waals surface area contributed by atoms with E-state index in [1.807, 2.05) is 24.3 Å². The number of nitrogens with two attached hydrogens (primary N) is 1. The fraction of sp³-hybridized carbons (Fsp3) is 0.294. The molecule has 2 rings (SSSR count). The predicted molar refractivity (Wildman–Crippen MR) is 92.9 cm³/mol. The van der Waals surface area contributed by atoms with Crippen LogP contribution < -0.4 is 11.3 Å². The summed E-state index contributed by atoms with van der Waals surface area (Å²) in [6.07, 6.45) is 0.913. The Bertz CT molecular complexity index is 581. The van der Waals surface area contributed by atoms with Crippen LogP contribution in [0.3, 0.4) is 0 Å². The molecular weight excluding hydrogens is 300 g/mol. The van der Waals surface area contributed by atoms with E-state index < -0.39 is 0 Å². The highest BCUT2D eigenvalue weighted by Crippen LogP contribution is 2.27. The Kier molecular flexibility index (Phi) is 6.12. The molecule has 0 spiro atoms. The van der Waals surface area contributed by atoms with Crippen molar-refractivity contribution < 1.29 is 0 Å². The van der Waals surface area contributed by atoms with Gasteiger partial charge in [-0.1, -0.05) is 53.1 Å². The minimum Gasteiger partial charge on any atom is -0.271 e. The van der Waals surface area contributed by atoms with Gasteiger partial charge in [0.05, 0.1) is 5.02 Å². The van der Waals surface area contributed by atoms with Gasteiger partial charge in [0.1, 0.15) is 0 Å². The van der Waals surface area contributed by atoms with E-state index in [1.165, 1.54) is 16.7 Å². The second-order valence-corrected chi connectivity index (χ2v) is 6.77. The Balaban J connectivity index is 1.98. The van der Waals surface area contributed by atoms with Crippen LogP contribution >= 0.6 is 23.4 Å². The summed E-state index contributed by atoms with van der Waals surface area (Å²) in [5.74, 6) is 6.58. The smallest absolute Gasteiger partial charge is 0.0541 e. The van der Waals surface area contributed by atoms with Gasteiger partial charge in [-0.05, 0) is 38.0 Å². The maximum absolute atomic E-state index is 6.18. The molecule has 0 bridgehead atoms. The molecule has 0 aliphatic heterocycles. The van der Waals surface area contributed by atoms with E-state index in [1.54, 1.807) is 11.8 Å². The third-order valence-corrected chi connectivity index (χ3v) is 4.95. The molecule has 0 radical (unpaired) electrons. The van der Waals surface area contributed by atoms with Gasteiger partial charge in [0, 0.05) is 16.7 Å². The van der Waals surface area contributed by atoms with Crippen LogP contribution in [0.5, 0.6) is 0 Å². The molecule has 0 amide bonds. The van der Waals surface area contributed by atoms with E-state index in [4.69, 9.17) is 17.4 Å². The Morgan fingerprint density at radius 1 is 1.14 bits per heavy atom. The summed E-state index contributed by atoms with van der Waals surface area (Å²) in [6, 6.07) is 14.7. The van der Waals surface area contributed by atoms with Crippen molar-refractivity contribution in [2.45, 2.75) is 31.2 Å². The molecule has 1 unspecified atom stereocenters. The first-order chi connectivity index (χ1) is 10.1. The average Bonchev–Trinajstić information content (AvgIpc) is 2.44. The largest absolute Gasteiger partial charge is 0.271 e. The first-order valence-electron chi connectivity index (χ1n) is 6.99. The van der Waals surface area contributed by atoms with Crippen molar-refractivity contribution in [1.82, 2.24) is 5.43 Å². The molecule has 3 N–H and O–H groups in total. The van der Waals surface area contributed by atoms with E-state index in [0.717, 1.165) is 22.1 Å². The van der Waals surface area contributed by atoms with Crippen LogP contribution in [0.4, 0.5) is 0 Å². The highest BCUT2D eigenvalue weighted by Gasteiger charge is 2.10. The van der Waals surface area contributed by atoms with E-state index in [-0.39, 0.29) is 6.04 Å². The summed E-state index contributed by atoms with van der Waals surface area (Å²) in [5, 5.41) is 0.796. The van der Waals surface area contributed by atoms with E-state index in [2.05, 4.69) is 37.5 Å². The molecule has 2 aromatic rings. The van der Waals surface area contributed by atoms with E-state index >= 15 is 0 Å². The van der Waals surface area contributed by atoms with Crippen molar-refractivity contribution in [3.05, 3.63) is 64.2 Å². The first-order valence-corrected chi connectivity index (χ1v) is 8.35. The van der Waals surface area contributed by atoms with Crippen molar-refractivity contribution in [2.24, 2.45) is 5.84 Å².